The normalized spacial score (nSPS) is 12.2. The zero-order valence-corrected chi connectivity index (χ0v) is 26.9. The predicted molar refractivity (Wildman–Crippen MR) is 208 cm³/mol. The van der Waals surface area contributed by atoms with E-state index in [0.717, 1.165) is 27.8 Å². The van der Waals surface area contributed by atoms with E-state index in [9.17, 15) is 0 Å². The van der Waals surface area contributed by atoms with E-state index in [1.807, 2.05) is 0 Å². The lowest BCUT2D eigenvalue weighted by molar-refractivity contribution is 1.18. The molecule has 3 heteroatoms. The maximum atomic E-state index is 5.33. The van der Waals surface area contributed by atoms with Crippen LogP contribution in [0.2, 0.25) is 0 Å². The molecule has 0 atom stereocenters. The molecule has 0 saturated heterocycles. The van der Waals surface area contributed by atoms with Crippen molar-refractivity contribution in [1.82, 2.24) is 14.1 Å². The molecular formula is C46H29N3. The van der Waals surface area contributed by atoms with E-state index in [-0.39, 0.29) is 0 Å². The summed E-state index contributed by atoms with van der Waals surface area (Å²) in [5.41, 5.74) is 9.22. The largest absolute Gasteiger partial charge is 0.308 e. The minimum Gasteiger partial charge on any atom is -0.308 e. The van der Waals surface area contributed by atoms with Crippen molar-refractivity contribution in [2.75, 3.05) is 0 Å². The average molecular weight is 624 g/mol. The highest BCUT2D eigenvalue weighted by Gasteiger charge is 2.22. The molecule has 0 saturated carbocycles. The van der Waals surface area contributed by atoms with Gasteiger partial charge >= 0.3 is 0 Å². The van der Waals surface area contributed by atoms with Crippen molar-refractivity contribution in [2.24, 2.45) is 0 Å². The minimum atomic E-state index is 1.02. The maximum Gasteiger partial charge on any atom is 0.0973 e. The van der Waals surface area contributed by atoms with Crippen molar-refractivity contribution < 1.29 is 0 Å². The summed E-state index contributed by atoms with van der Waals surface area (Å²) in [7, 11) is 0. The number of rotatable bonds is 2. The lowest BCUT2D eigenvalue weighted by atomic mass is 9.94. The standard InChI is InChI=1S/C46H29N3/c1-28-25-39-36-19-9-11-21-41(36)48(29-13-3-2-4-14-29)46(39)44-43(28)45-40(27-47-44)37-20-10-12-22-42(37)49(45)30-23-24-35-33-17-6-5-15-31(33)32-16-7-8-18-34(32)38(35)26-30/h2-27H,1H3. The highest BCUT2D eigenvalue weighted by molar-refractivity contribution is 6.27. The Kier molecular flexibility index (Phi) is 5.31. The van der Waals surface area contributed by atoms with E-state index in [1.54, 1.807) is 0 Å². The molecule has 3 nitrogen and oxygen atoms in total. The van der Waals surface area contributed by atoms with Crippen LogP contribution >= 0.6 is 0 Å². The first-order valence-corrected chi connectivity index (χ1v) is 16.9. The van der Waals surface area contributed by atoms with E-state index < -0.39 is 0 Å². The molecule has 11 rings (SSSR count). The number of nitrogens with zero attached hydrogens (tertiary/aromatic N) is 3. The van der Waals surface area contributed by atoms with Crippen molar-refractivity contribution in [1.29, 1.82) is 0 Å². The second-order valence-corrected chi connectivity index (χ2v) is 13.2. The lowest BCUT2D eigenvalue weighted by Crippen LogP contribution is -1.99. The molecule has 8 aromatic carbocycles. The Labute approximate surface area is 281 Å². The second kappa shape index (κ2) is 9.79. The second-order valence-electron chi connectivity index (χ2n) is 13.2. The monoisotopic (exact) mass is 623 g/mol. The van der Waals surface area contributed by atoms with Crippen molar-refractivity contribution >= 4 is 86.8 Å². The van der Waals surface area contributed by atoms with Crippen molar-refractivity contribution in [3.05, 3.63) is 163 Å². The molecule has 0 aliphatic carbocycles. The molecule has 0 radical (unpaired) electrons. The van der Waals surface area contributed by atoms with Gasteiger partial charge in [0.1, 0.15) is 0 Å². The summed E-state index contributed by atoms with van der Waals surface area (Å²) in [4.78, 5) is 5.33. The van der Waals surface area contributed by atoms with Crippen LogP contribution in [0, 0.1) is 6.92 Å². The molecule has 49 heavy (non-hydrogen) atoms. The van der Waals surface area contributed by atoms with Crippen molar-refractivity contribution in [2.45, 2.75) is 6.92 Å². The van der Waals surface area contributed by atoms with Crippen LogP contribution in [0.4, 0.5) is 0 Å². The SMILES string of the molecule is Cc1cc2c3ccccc3n(-c3ccccc3)c2c2ncc3c4ccccc4n(-c4ccc5c6ccccc6c6ccccc6c5c4)c3c12. The van der Waals surface area contributed by atoms with Gasteiger partial charge in [-0.05, 0) is 87.3 Å². The zero-order chi connectivity index (χ0) is 32.2. The molecule has 11 aromatic rings. The first-order valence-electron chi connectivity index (χ1n) is 16.9. The first kappa shape index (κ1) is 26.6. The zero-order valence-electron chi connectivity index (χ0n) is 26.9. The van der Waals surface area contributed by atoms with Gasteiger partial charge in [-0.15, -0.1) is 0 Å². The van der Waals surface area contributed by atoms with Crippen LogP contribution < -0.4 is 0 Å². The number of aryl methyl sites for hydroxylation is 1. The molecule has 0 aliphatic rings. The van der Waals surface area contributed by atoms with Crippen LogP contribution in [-0.2, 0) is 0 Å². The first-order chi connectivity index (χ1) is 24.3. The summed E-state index contributed by atoms with van der Waals surface area (Å²) in [6, 6.07) is 55.2. The van der Waals surface area contributed by atoms with Gasteiger partial charge in [0.15, 0.2) is 0 Å². The van der Waals surface area contributed by atoms with Crippen LogP contribution in [-0.4, -0.2) is 14.1 Å². The number of benzene rings is 8. The number of fused-ring (bicyclic) bond motifs is 15. The van der Waals surface area contributed by atoms with Gasteiger partial charge < -0.3 is 9.13 Å². The topological polar surface area (TPSA) is 22.8 Å². The number of hydrogen-bond acceptors (Lipinski definition) is 1. The maximum absolute atomic E-state index is 5.33. The van der Waals surface area contributed by atoms with Gasteiger partial charge in [0.05, 0.1) is 27.6 Å². The fourth-order valence-corrected chi connectivity index (χ4v) is 8.58. The van der Waals surface area contributed by atoms with Gasteiger partial charge in [0, 0.05) is 44.5 Å². The van der Waals surface area contributed by atoms with Crippen LogP contribution in [0.3, 0.4) is 0 Å². The molecule has 0 unspecified atom stereocenters. The van der Waals surface area contributed by atoms with E-state index in [0.29, 0.717) is 0 Å². The highest BCUT2D eigenvalue weighted by atomic mass is 15.0. The van der Waals surface area contributed by atoms with Gasteiger partial charge in [0.2, 0.25) is 0 Å². The van der Waals surface area contributed by atoms with Crippen LogP contribution in [0.1, 0.15) is 5.56 Å². The van der Waals surface area contributed by atoms with E-state index in [4.69, 9.17) is 4.98 Å². The third kappa shape index (κ3) is 3.54. The molecule has 0 spiro atoms. The van der Waals surface area contributed by atoms with Gasteiger partial charge in [-0.2, -0.15) is 0 Å². The number of aromatic nitrogens is 3. The fourth-order valence-electron chi connectivity index (χ4n) is 8.58. The number of para-hydroxylation sites is 3. The van der Waals surface area contributed by atoms with Crippen molar-refractivity contribution in [3.8, 4) is 11.4 Å². The van der Waals surface area contributed by atoms with Gasteiger partial charge in [-0.3, -0.25) is 4.98 Å². The van der Waals surface area contributed by atoms with Gasteiger partial charge in [0.25, 0.3) is 0 Å². The molecule has 0 N–H and O–H groups in total. The van der Waals surface area contributed by atoms with Gasteiger partial charge in [-0.1, -0.05) is 109 Å². The lowest BCUT2D eigenvalue weighted by Gasteiger charge is -2.15. The van der Waals surface area contributed by atoms with Crippen molar-refractivity contribution in [3.63, 3.8) is 0 Å². The van der Waals surface area contributed by atoms with Crippen LogP contribution in [0.25, 0.3) is 98.2 Å². The smallest absolute Gasteiger partial charge is 0.0973 e. The minimum absolute atomic E-state index is 1.02. The summed E-state index contributed by atoms with van der Waals surface area (Å²) >= 11 is 0. The molecule has 3 heterocycles. The average Bonchev–Trinajstić information content (AvgIpc) is 3.68. The molecule has 0 fully saturated rings. The Morgan fingerprint density at radius 2 is 0.898 bits per heavy atom. The quantitative estimate of drug-likeness (QED) is 0.176. The molecule has 3 aromatic heterocycles. The summed E-state index contributed by atoms with van der Waals surface area (Å²) in [5, 5.41) is 13.7. The summed E-state index contributed by atoms with van der Waals surface area (Å²) in [5.74, 6) is 0. The third-order valence-corrected chi connectivity index (χ3v) is 10.6. The van der Waals surface area contributed by atoms with E-state index in [2.05, 4.69) is 174 Å². The fraction of sp³-hybridized carbons (Fsp3) is 0.0217. The van der Waals surface area contributed by atoms with Crippen LogP contribution in [0.15, 0.2) is 158 Å². The Morgan fingerprint density at radius 1 is 0.388 bits per heavy atom. The molecule has 0 amide bonds. The van der Waals surface area contributed by atoms with Crippen LogP contribution in [0.5, 0.6) is 0 Å². The van der Waals surface area contributed by atoms with Gasteiger partial charge in [-0.25, -0.2) is 0 Å². The highest BCUT2D eigenvalue weighted by Crippen LogP contribution is 2.43. The summed E-state index contributed by atoms with van der Waals surface area (Å²) in [6.07, 6.45) is 2.10. The predicted octanol–water partition coefficient (Wildman–Crippen LogP) is 12.2. The Morgan fingerprint density at radius 3 is 1.55 bits per heavy atom. The molecular weight excluding hydrogens is 595 g/mol. The third-order valence-electron chi connectivity index (χ3n) is 10.6. The molecule has 228 valence electrons. The Hall–Kier alpha value is -6.45. The van der Waals surface area contributed by atoms with E-state index in [1.165, 1.54) is 76.0 Å². The molecule has 0 aliphatic heterocycles. The van der Waals surface area contributed by atoms with E-state index >= 15 is 0 Å². The Balaban J connectivity index is 1.33. The number of pyridine rings is 1. The summed E-state index contributed by atoms with van der Waals surface area (Å²) in [6.45, 7) is 2.25. The summed E-state index contributed by atoms with van der Waals surface area (Å²) < 4.78 is 4.87. The molecule has 0 bridgehead atoms. The number of hydrogen-bond donors (Lipinski definition) is 0. The Bertz CT molecular complexity index is 3130.